The van der Waals surface area contributed by atoms with Gasteiger partial charge in [0.2, 0.25) is 0 Å². The number of hydrogen-bond donors (Lipinski definition) is 2. The zero-order valence-corrected chi connectivity index (χ0v) is 10.6. The van der Waals surface area contributed by atoms with Gasteiger partial charge in [0.05, 0.1) is 5.60 Å². The van der Waals surface area contributed by atoms with E-state index in [-0.39, 0.29) is 12.0 Å². The minimum atomic E-state index is -0.665. The van der Waals surface area contributed by atoms with Crippen molar-refractivity contribution in [2.24, 2.45) is 5.92 Å². The third kappa shape index (κ3) is 3.58. The van der Waals surface area contributed by atoms with E-state index in [1.807, 2.05) is 32.9 Å². The number of hydrogen-bond acceptors (Lipinski definition) is 3. The molecule has 90 valence electrons. The highest BCUT2D eigenvalue weighted by atomic mass is 16.3. The van der Waals surface area contributed by atoms with E-state index >= 15 is 0 Å². The Bertz CT molecular complexity index is 309. The predicted octanol–water partition coefficient (Wildman–Crippen LogP) is 2.14. The van der Waals surface area contributed by atoms with Crippen LogP contribution in [0, 0.1) is 5.92 Å². The van der Waals surface area contributed by atoms with Gasteiger partial charge in [0.1, 0.15) is 0 Å². The van der Waals surface area contributed by atoms with Crippen LogP contribution < -0.4 is 5.32 Å². The minimum absolute atomic E-state index is 0.230. The minimum Gasteiger partial charge on any atom is -0.389 e. The van der Waals surface area contributed by atoms with Crippen LogP contribution in [-0.4, -0.2) is 22.2 Å². The second-order valence-corrected chi connectivity index (χ2v) is 4.90. The number of nitrogens with one attached hydrogen (secondary N) is 1. The number of aliphatic hydroxyl groups is 1. The van der Waals surface area contributed by atoms with Crippen LogP contribution >= 0.6 is 0 Å². The molecule has 0 aliphatic rings. The summed E-state index contributed by atoms with van der Waals surface area (Å²) in [6.07, 6.45) is 3.57. The van der Waals surface area contributed by atoms with Gasteiger partial charge in [-0.25, -0.2) is 0 Å². The van der Waals surface area contributed by atoms with Gasteiger partial charge in [-0.2, -0.15) is 0 Å². The highest BCUT2D eigenvalue weighted by Crippen LogP contribution is 2.17. The fourth-order valence-electron chi connectivity index (χ4n) is 1.33. The van der Waals surface area contributed by atoms with Crippen LogP contribution in [0.3, 0.4) is 0 Å². The largest absolute Gasteiger partial charge is 0.389 e. The van der Waals surface area contributed by atoms with Gasteiger partial charge in [0.25, 0.3) is 0 Å². The Balaban J connectivity index is 2.51. The first-order chi connectivity index (χ1) is 7.43. The van der Waals surface area contributed by atoms with Crippen LogP contribution in [0.2, 0.25) is 0 Å². The molecule has 1 heterocycles. The maximum absolute atomic E-state index is 10.1. The van der Waals surface area contributed by atoms with Crippen LogP contribution in [0.15, 0.2) is 24.5 Å². The predicted molar refractivity (Wildman–Crippen MR) is 66.1 cm³/mol. The smallest absolute Gasteiger partial charge is 0.0766 e. The Morgan fingerprint density at radius 1 is 1.31 bits per heavy atom. The molecule has 0 aliphatic carbocycles. The van der Waals surface area contributed by atoms with Crippen molar-refractivity contribution in [2.75, 3.05) is 6.54 Å². The molecule has 0 aromatic carbocycles. The zero-order chi connectivity index (χ0) is 12.2. The first-order valence-electron chi connectivity index (χ1n) is 5.79. The van der Waals surface area contributed by atoms with Crippen molar-refractivity contribution in [1.82, 2.24) is 10.3 Å². The number of aromatic nitrogens is 1. The molecular weight excluding hydrogens is 200 g/mol. The highest BCUT2D eigenvalue weighted by Gasteiger charge is 2.25. The van der Waals surface area contributed by atoms with Gasteiger partial charge in [-0.15, -0.1) is 0 Å². The maximum atomic E-state index is 10.1. The molecule has 0 amide bonds. The molecule has 0 bridgehead atoms. The topological polar surface area (TPSA) is 45.1 Å². The van der Waals surface area contributed by atoms with Gasteiger partial charge >= 0.3 is 0 Å². The van der Waals surface area contributed by atoms with Crippen molar-refractivity contribution >= 4 is 0 Å². The summed E-state index contributed by atoms with van der Waals surface area (Å²) in [5.41, 5.74) is 0.524. The van der Waals surface area contributed by atoms with Crippen molar-refractivity contribution in [3.05, 3.63) is 30.1 Å². The number of pyridine rings is 1. The molecule has 1 unspecified atom stereocenters. The van der Waals surface area contributed by atoms with Crippen molar-refractivity contribution in [3.8, 4) is 0 Å². The van der Waals surface area contributed by atoms with E-state index in [1.165, 1.54) is 5.56 Å². The summed E-state index contributed by atoms with van der Waals surface area (Å²) >= 11 is 0. The molecule has 3 heteroatoms. The van der Waals surface area contributed by atoms with Gasteiger partial charge in [0, 0.05) is 25.0 Å². The van der Waals surface area contributed by atoms with Crippen LogP contribution in [0.25, 0.3) is 0 Å². The second-order valence-electron chi connectivity index (χ2n) is 4.90. The lowest BCUT2D eigenvalue weighted by Gasteiger charge is -2.29. The molecule has 1 aromatic heterocycles. The van der Waals surface area contributed by atoms with Crippen molar-refractivity contribution in [1.29, 1.82) is 0 Å². The third-order valence-corrected chi connectivity index (χ3v) is 3.22. The monoisotopic (exact) mass is 222 g/mol. The van der Waals surface area contributed by atoms with E-state index in [9.17, 15) is 5.11 Å². The molecule has 0 fully saturated rings. The summed E-state index contributed by atoms with van der Waals surface area (Å²) < 4.78 is 0. The summed E-state index contributed by atoms with van der Waals surface area (Å²) in [6, 6.07) is 4.21. The average molecular weight is 222 g/mol. The Morgan fingerprint density at radius 3 is 2.38 bits per heavy atom. The van der Waals surface area contributed by atoms with E-state index in [1.54, 1.807) is 12.4 Å². The highest BCUT2D eigenvalue weighted by molar-refractivity contribution is 5.14. The molecule has 2 N–H and O–H groups in total. The van der Waals surface area contributed by atoms with E-state index in [0.29, 0.717) is 6.54 Å². The van der Waals surface area contributed by atoms with Crippen molar-refractivity contribution < 1.29 is 5.11 Å². The van der Waals surface area contributed by atoms with Gasteiger partial charge in [-0.05, 0) is 37.5 Å². The van der Waals surface area contributed by atoms with Crippen LogP contribution in [0.5, 0.6) is 0 Å². The van der Waals surface area contributed by atoms with E-state index in [0.717, 1.165) is 0 Å². The first kappa shape index (κ1) is 13.1. The lowest BCUT2D eigenvalue weighted by atomic mass is 9.92. The summed E-state index contributed by atoms with van der Waals surface area (Å²) in [5.74, 6) is 0.240. The van der Waals surface area contributed by atoms with Gasteiger partial charge in [0.15, 0.2) is 0 Å². The van der Waals surface area contributed by atoms with Gasteiger partial charge in [-0.3, -0.25) is 4.98 Å². The summed E-state index contributed by atoms with van der Waals surface area (Å²) in [5, 5.41) is 13.5. The van der Waals surface area contributed by atoms with E-state index in [4.69, 9.17) is 0 Å². The quantitative estimate of drug-likeness (QED) is 0.802. The second kappa shape index (κ2) is 5.41. The molecular formula is C13H22N2O. The van der Waals surface area contributed by atoms with E-state index in [2.05, 4.69) is 17.2 Å². The normalized spacial score (nSPS) is 17.1. The fraction of sp³-hybridized carbons (Fsp3) is 0.615. The van der Waals surface area contributed by atoms with Crippen LogP contribution in [0.1, 0.15) is 39.3 Å². The molecule has 1 aromatic rings. The summed E-state index contributed by atoms with van der Waals surface area (Å²) in [4.78, 5) is 3.99. The van der Waals surface area contributed by atoms with Gasteiger partial charge in [-0.1, -0.05) is 13.8 Å². The first-order valence-corrected chi connectivity index (χ1v) is 5.79. The zero-order valence-electron chi connectivity index (χ0n) is 10.6. The Kier molecular flexibility index (Phi) is 4.44. The number of nitrogens with zero attached hydrogens (tertiary/aromatic N) is 1. The van der Waals surface area contributed by atoms with Gasteiger partial charge < -0.3 is 10.4 Å². The maximum Gasteiger partial charge on any atom is 0.0766 e. The molecule has 2 atom stereocenters. The molecule has 0 saturated heterocycles. The van der Waals surface area contributed by atoms with Crippen LogP contribution in [-0.2, 0) is 0 Å². The molecule has 1 rings (SSSR count). The number of rotatable bonds is 5. The lowest BCUT2D eigenvalue weighted by molar-refractivity contribution is 0.0122. The van der Waals surface area contributed by atoms with Crippen molar-refractivity contribution in [3.63, 3.8) is 0 Å². The summed E-state index contributed by atoms with van der Waals surface area (Å²) in [7, 11) is 0. The Hall–Kier alpha value is -0.930. The third-order valence-electron chi connectivity index (χ3n) is 3.22. The Labute approximate surface area is 97.9 Å². The molecule has 0 aliphatic heterocycles. The fourth-order valence-corrected chi connectivity index (χ4v) is 1.33. The summed E-state index contributed by atoms with van der Waals surface area (Å²) in [6.45, 7) is 8.60. The molecule has 0 radical (unpaired) electrons. The van der Waals surface area contributed by atoms with Crippen LogP contribution in [0.4, 0.5) is 0 Å². The SMILES string of the molecule is CC(C)C(C)(O)CN[C@H](C)c1ccncc1. The molecule has 16 heavy (non-hydrogen) atoms. The molecule has 0 saturated carbocycles. The average Bonchev–Trinajstić information content (AvgIpc) is 2.27. The Morgan fingerprint density at radius 2 is 1.88 bits per heavy atom. The lowest BCUT2D eigenvalue weighted by Crippen LogP contribution is -2.42. The van der Waals surface area contributed by atoms with E-state index < -0.39 is 5.60 Å². The van der Waals surface area contributed by atoms with Crippen molar-refractivity contribution in [2.45, 2.75) is 39.3 Å². The molecule has 0 spiro atoms. The molecule has 3 nitrogen and oxygen atoms in total. The standard InChI is InChI=1S/C13H22N2O/c1-10(2)13(4,16)9-15-11(3)12-5-7-14-8-6-12/h5-8,10-11,15-16H,9H2,1-4H3/t11-,13?/m1/s1.